The van der Waals surface area contributed by atoms with Crippen LogP contribution in [0.3, 0.4) is 0 Å². The van der Waals surface area contributed by atoms with E-state index in [9.17, 15) is 9.90 Å². The fourth-order valence-electron chi connectivity index (χ4n) is 3.12. The molecule has 2 heterocycles. The summed E-state index contributed by atoms with van der Waals surface area (Å²) < 4.78 is 10.7. The lowest BCUT2D eigenvalue weighted by molar-refractivity contribution is -0.162. The first-order chi connectivity index (χ1) is 12.3. The van der Waals surface area contributed by atoms with Crippen molar-refractivity contribution in [2.45, 2.75) is 71.4 Å². The van der Waals surface area contributed by atoms with E-state index in [-0.39, 0.29) is 0 Å². The van der Waals surface area contributed by atoms with Crippen LogP contribution in [0.1, 0.15) is 47.5 Å². The van der Waals surface area contributed by atoms with E-state index in [2.05, 4.69) is 52.0 Å². The van der Waals surface area contributed by atoms with Gasteiger partial charge in [-0.3, -0.25) is 0 Å². The molecule has 6 atom stereocenters. The van der Waals surface area contributed by atoms with Gasteiger partial charge in [-0.1, -0.05) is 69.2 Å². The Morgan fingerprint density at radius 3 is 2.62 bits per heavy atom. The van der Waals surface area contributed by atoms with Gasteiger partial charge in [0, 0.05) is 0 Å². The molecule has 0 amide bonds. The Balaban J connectivity index is 1.81. The topological polar surface area (TPSA) is 59.1 Å². The first-order valence-corrected chi connectivity index (χ1v) is 9.53. The van der Waals surface area contributed by atoms with E-state index < -0.39 is 29.9 Å². The van der Waals surface area contributed by atoms with Crippen LogP contribution in [-0.2, 0) is 14.3 Å². The summed E-state index contributed by atoms with van der Waals surface area (Å²) in [5, 5.41) is 9.66. The maximum atomic E-state index is 11.6. The minimum atomic E-state index is -1.16. The molecule has 0 unspecified atom stereocenters. The number of hydrogen-bond donors (Lipinski definition) is 1. The van der Waals surface area contributed by atoms with Crippen LogP contribution < -0.4 is 0 Å². The molecule has 4 nitrogen and oxygen atoms in total. The van der Waals surface area contributed by atoms with Gasteiger partial charge in [-0.2, -0.15) is 0 Å². The first kappa shape index (κ1) is 20.7. The summed E-state index contributed by atoms with van der Waals surface area (Å²) in [7, 11) is 0. The number of ether oxygens (including phenoxy) is 2. The van der Waals surface area contributed by atoms with Crippen molar-refractivity contribution in [3.8, 4) is 0 Å². The van der Waals surface area contributed by atoms with Gasteiger partial charge in [-0.05, 0) is 38.2 Å². The van der Waals surface area contributed by atoms with Gasteiger partial charge in [0.15, 0.2) is 12.2 Å². The molecule has 0 radical (unpaired) electrons. The molecule has 0 aliphatic carbocycles. The Bertz CT molecular complexity index is 616. The molecule has 144 valence electrons. The Kier molecular flexibility index (Phi) is 7.01. The van der Waals surface area contributed by atoms with Gasteiger partial charge in [-0.15, -0.1) is 0 Å². The third-order valence-corrected chi connectivity index (χ3v) is 5.17. The highest BCUT2D eigenvalue weighted by atomic mass is 16.7. The largest absolute Gasteiger partial charge is 0.453 e. The molecule has 4 heteroatoms. The van der Waals surface area contributed by atoms with E-state index in [1.807, 2.05) is 25.2 Å². The maximum Gasteiger partial charge on any atom is 0.338 e. The lowest BCUT2D eigenvalue weighted by atomic mass is 9.94. The van der Waals surface area contributed by atoms with Gasteiger partial charge in [0.25, 0.3) is 0 Å². The number of esters is 1. The number of aliphatic hydroxyl groups excluding tert-OH is 1. The Morgan fingerprint density at radius 2 is 1.92 bits per heavy atom. The van der Waals surface area contributed by atoms with Crippen LogP contribution in [-0.4, -0.2) is 35.0 Å². The number of aliphatic hydroxyl groups is 1. The van der Waals surface area contributed by atoms with Crippen molar-refractivity contribution in [1.82, 2.24) is 0 Å². The molecular weight excluding hydrogens is 328 g/mol. The highest BCUT2D eigenvalue weighted by Gasteiger charge is 2.67. The number of carbonyl (C=O) groups is 1. The normalized spacial score (nSPS) is 34.3. The number of cyclic esters (lactones) is 1. The van der Waals surface area contributed by atoms with E-state index in [1.54, 1.807) is 0 Å². The highest BCUT2D eigenvalue weighted by Crippen LogP contribution is 2.46. The van der Waals surface area contributed by atoms with Crippen LogP contribution in [0.4, 0.5) is 0 Å². The highest BCUT2D eigenvalue weighted by molar-refractivity contribution is 5.78. The van der Waals surface area contributed by atoms with Crippen LogP contribution in [0.2, 0.25) is 0 Å². The summed E-state index contributed by atoms with van der Waals surface area (Å²) in [6.45, 7) is 10.6. The fraction of sp³-hybridized carbons (Fsp3) is 0.591. The molecule has 0 spiro atoms. The average molecular weight is 360 g/mol. The van der Waals surface area contributed by atoms with Crippen molar-refractivity contribution in [2.75, 3.05) is 0 Å². The predicted octanol–water partition coefficient (Wildman–Crippen LogP) is 4.12. The van der Waals surface area contributed by atoms with E-state index >= 15 is 0 Å². The first-order valence-electron chi connectivity index (χ1n) is 9.53. The lowest BCUT2D eigenvalue weighted by Crippen LogP contribution is -2.46. The van der Waals surface area contributed by atoms with Gasteiger partial charge in [-0.25, -0.2) is 4.79 Å². The molecule has 0 saturated carbocycles. The van der Waals surface area contributed by atoms with Crippen molar-refractivity contribution in [3.63, 3.8) is 0 Å². The number of rotatable bonds is 8. The summed E-state index contributed by atoms with van der Waals surface area (Å²) in [6.07, 6.45) is 14.5. The van der Waals surface area contributed by atoms with E-state index in [0.717, 1.165) is 12.8 Å². The fourth-order valence-corrected chi connectivity index (χ4v) is 3.12. The molecule has 2 saturated heterocycles. The second-order valence-corrected chi connectivity index (χ2v) is 7.76. The summed E-state index contributed by atoms with van der Waals surface area (Å²) in [4.78, 5) is 11.6. The zero-order valence-corrected chi connectivity index (χ0v) is 16.5. The summed E-state index contributed by atoms with van der Waals surface area (Å²) in [5.41, 5.74) is 0.757. The van der Waals surface area contributed by atoms with Crippen LogP contribution >= 0.6 is 0 Å². The molecule has 0 aromatic heterocycles. The number of allylic oxidation sites excluding steroid dienone is 7. The van der Waals surface area contributed by atoms with Crippen molar-refractivity contribution in [1.29, 1.82) is 0 Å². The van der Waals surface area contributed by atoms with E-state index in [0.29, 0.717) is 11.8 Å². The van der Waals surface area contributed by atoms with Crippen LogP contribution in [0, 0.1) is 11.8 Å². The summed E-state index contributed by atoms with van der Waals surface area (Å²) in [5.74, 6) is 0.431. The molecule has 2 rings (SSSR count). The molecule has 26 heavy (non-hydrogen) atoms. The monoisotopic (exact) mass is 360 g/mol. The van der Waals surface area contributed by atoms with Crippen molar-refractivity contribution in [2.24, 2.45) is 11.8 Å². The predicted molar refractivity (Wildman–Crippen MR) is 104 cm³/mol. The zero-order valence-electron chi connectivity index (χ0n) is 16.5. The number of fused-ring (bicyclic) bond motifs is 1. The van der Waals surface area contributed by atoms with E-state index in [1.165, 1.54) is 5.57 Å². The Hall–Kier alpha value is -1.65. The maximum absolute atomic E-state index is 11.6. The SMILES string of the molecule is CC[C@H](C)/C=C/C=C(\C)C[C@@H](C)/C=C/C=C/[C@@H]1OC(=O)[C@@H](O)[C@H]2O[C@@]12C. The quantitative estimate of drug-likeness (QED) is 0.402. The Labute approximate surface area is 157 Å². The molecule has 2 aliphatic heterocycles. The molecule has 2 fully saturated rings. The van der Waals surface area contributed by atoms with Crippen molar-refractivity contribution >= 4 is 5.97 Å². The minimum Gasteiger partial charge on any atom is -0.453 e. The third-order valence-electron chi connectivity index (χ3n) is 5.17. The molecule has 0 aromatic carbocycles. The van der Waals surface area contributed by atoms with Crippen LogP contribution in [0.25, 0.3) is 0 Å². The van der Waals surface area contributed by atoms with Crippen molar-refractivity contribution in [3.05, 3.63) is 48.1 Å². The smallest absolute Gasteiger partial charge is 0.338 e. The molecule has 1 N–H and O–H groups in total. The lowest BCUT2D eigenvalue weighted by Gasteiger charge is -2.24. The Morgan fingerprint density at radius 1 is 1.23 bits per heavy atom. The zero-order chi connectivity index (χ0) is 19.3. The third kappa shape index (κ3) is 5.18. The number of epoxide rings is 1. The molecular formula is C22H32O4. The standard InChI is InChI=1S/C22H32O4/c1-6-15(2)11-9-12-17(4)14-16(3)10-7-8-13-18-22(5)20(26-22)19(23)21(24)25-18/h7-13,15-16,18-20,23H,6,14H2,1-5H3/b10-7+,11-9+,13-8+,17-12+/t15-,16-,18-,19-,20+,22-/m0/s1. The second-order valence-electron chi connectivity index (χ2n) is 7.76. The van der Waals surface area contributed by atoms with Gasteiger partial charge in [0.1, 0.15) is 11.7 Å². The summed E-state index contributed by atoms with van der Waals surface area (Å²) >= 11 is 0. The summed E-state index contributed by atoms with van der Waals surface area (Å²) in [6, 6.07) is 0. The number of carbonyl (C=O) groups excluding carboxylic acids is 1. The second kappa shape index (κ2) is 8.83. The molecule has 0 aromatic rings. The van der Waals surface area contributed by atoms with Gasteiger partial charge < -0.3 is 14.6 Å². The van der Waals surface area contributed by atoms with Crippen LogP contribution in [0.5, 0.6) is 0 Å². The van der Waals surface area contributed by atoms with Gasteiger partial charge in [0.2, 0.25) is 0 Å². The molecule has 2 aliphatic rings. The van der Waals surface area contributed by atoms with E-state index in [4.69, 9.17) is 9.47 Å². The molecule has 0 bridgehead atoms. The van der Waals surface area contributed by atoms with Crippen LogP contribution in [0.15, 0.2) is 48.1 Å². The van der Waals surface area contributed by atoms with Gasteiger partial charge >= 0.3 is 5.97 Å². The van der Waals surface area contributed by atoms with Gasteiger partial charge in [0.05, 0.1) is 0 Å². The van der Waals surface area contributed by atoms with Crippen molar-refractivity contribution < 1.29 is 19.4 Å². The minimum absolute atomic E-state index is 0.420. The average Bonchev–Trinajstić information content (AvgIpc) is 3.29. The number of hydrogen-bond acceptors (Lipinski definition) is 4.